The number of amides is 1. The minimum absolute atomic E-state index is 0.0288. The number of fused-ring (bicyclic) bond motifs is 1. The Labute approximate surface area is 321 Å². The highest BCUT2D eigenvalue weighted by atomic mass is 28.4. The van der Waals surface area contributed by atoms with Gasteiger partial charge in [0.05, 0.1) is 25.5 Å². The highest BCUT2D eigenvalue weighted by Crippen LogP contribution is 2.38. The number of ether oxygens (including phenoxy) is 3. The summed E-state index contributed by atoms with van der Waals surface area (Å²) in [6, 6.07) is 19.9. The number of hydrogen-bond acceptors (Lipinski definition) is 9. The fraction of sp³-hybridized carbons (Fsp3) is 0.500. The normalized spacial score (nSPS) is 15.5. The number of aromatic nitrogens is 2. The number of Topliss-reactive ketones (excluding diaryl/α,β-unsaturated/α-hetero) is 1. The van der Waals surface area contributed by atoms with E-state index in [1.165, 1.54) is 4.90 Å². The molecule has 1 aliphatic rings. The Kier molecular flexibility index (Phi) is 12.8. The fourth-order valence-electron chi connectivity index (χ4n) is 6.81. The number of carbonyl (C=O) groups is 4. The molecule has 11 nitrogen and oxygen atoms in total. The molecule has 0 saturated carbocycles. The van der Waals surface area contributed by atoms with Crippen molar-refractivity contribution in [3.05, 3.63) is 89.8 Å². The summed E-state index contributed by atoms with van der Waals surface area (Å²) in [5.74, 6) is -2.86. The molecular formula is C42H57N3O8Si. The van der Waals surface area contributed by atoms with Crippen molar-refractivity contribution in [2.45, 2.75) is 118 Å². The average molecular weight is 760 g/mol. The number of nitrogens with zero attached hydrogens (tertiary/aromatic N) is 3. The Hall–Kier alpha value is -4.55. The van der Waals surface area contributed by atoms with Crippen molar-refractivity contribution < 1.29 is 37.8 Å². The predicted octanol–water partition coefficient (Wildman–Crippen LogP) is 7.23. The molecule has 0 aliphatic carbocycles. The summed E-state index contributed by atoms with van der Waals surface area (Å²) in [6.07, 6.45) is -1.32. The Morgan fingerprint density at radius 3 is 1.85 bits per heavy atom. The van der Waals surface area contributed by atoms with Crippen LogP contribution in [0.2, 0.25) is 5.04 Å². The zero-order valence-electron chi connectivity index (χ0n) is 33.8. The Morgan fingerprint density at radius 2 is 1.37 bits per heavy atom. The SMILES string of the molecule is C=C(CO[Si](c1ccccc1)(c1ccccc1)C(C)(C)C)CC(C(=O)OCC)C(=O)c1c2c(nn1C(=O)OC(C)(C)C)C[C@@H](C)N(C(=O)OC(C)(C)C)C2. The van der Waals surface area contributed by atoms with Gasteiger partial charge in [0.1, 0.15) is 22.8 Å². The second-order valence-corrected chi connectivity index (χ2v) is 21.2. The first-order valence-corrected chi connectivity index (χ1v) is 20.5. The summed E-state index contributed by atoms with van der Waals surface area (Å²) in [5, 5.41) is 6.39. The second-order valence-electron chi connectivity index (χ2n) is 16.9. The zero-order chi connectivity index (χ0) is 40.2. The smallest absolute Gasteiger partial charge is 0.435 e. The van der Waals surface area contributed by atoms with Gasteiger partial charge in [0.2, 0.25) is 0 Å². The molecule has 0 bridgehead atoms. The maximum Gasteiger partial charge on any atom is 0.435 e. The van der Waals surface area contributed by atoms with Crippen LogP contribution < -0.4 is 10.4 Å². The van der Waals surface area contributed by atoms with E-state index >= 15 is 0 Å². The van der Waals surface area contributed by atoms with Crippen molar-refractivity contribution in [1.29, 1.82) is 0 Å². The summed E-state index contributed by atoms with van der Waals surface area (Å²) in [5.41, 5.74) is -0.518. The number of ketones is 1. The van der Waals surface area contributed by atoms with E-state index in [4.69, 9.17) is 18.6 Å². The summed E-state index contributed by atoms with van der Waals surface area (Å²) >= 11 is 0. The van der Waals surface area contributed by atoms with Gasteiger partial charge in [-0.3, -0.25) is 9.59 Å². The van der Waals surface area contributed by atoms with Gasteiger partial charge in [-0.1, -0.05) is 93.6 Å². The molecule has 2 aromatic carbocycles. The molecule has 0 spiro atoms. The van der Waals surface area contributed by atoms with Gasteiger partial charge in [-0.15, -0.1) is 0 Å². The van der Waals surface area contributed by atoms with Crippen molar-refractivity contribution in [3.8, 4) is 0 Å². The van der Waals surface area contributed by atoms with Crippen LogP contribution in [-0.2, 0) is 36.4 Å². The molecule has 1 amide bonds. The zero-order valence-corrected chi connectivity index (χ0v) is 34.8. The lowest BCUT2D eigenvalue weighted by atomic mass is 9.90. The summed E-state index contributed by atoms with van der Waals surface area (Å²) < 4.78 is 24.8. The van der Waals surface area contributed by atoms with Gasteiger partial charge in [0, 0.05) is 18.0 Å². The molecule has 2 heterocycles. The van der Waals surface area contributed by atoms with E-state index in [2.05, 4.69) is 56.7 Å². The standard InChI is InChI=1S/C42H57N3O8Si/c1-13-50-37(47)32(24-28(2)27-51-54(42(10,11)12,30-20-16-14-17-21-30)31-22-18-15-19-23-31)36(46)35-33-26-44(38(48)52-40(4,5)6)29(3)25-34(33)43-45(35)39(49)53-41(7,8)9/h14-23,29,32H,2,13,24-27H2,1,3-12H3/t29-,32?/m1/s1. The number of esters is 1. The number of benzene rings is 2. The van der Waals surface area contributed by atoms with Gasteiger partial charge < -0.3 is 23.5 Å². The van der Waals surface area contributed by atoms with Gasteiger partial charge in [-0.2, -0.15) is 9.78 Å². The molecule has 3 aromatic rings. The Bertz CT molecular complexity index is 1800. The summed E-state index contributed by atoms with van der Waals surface area (Å²) in [7, 11) is -2.98. The van der Waals surface area contributed by atoms with Crippen LogP contribution in [-0.4, -0.2) is 77.4 Å². The van der Waals surface area contributed by atoms with E-state index in [-0.39, 0.29) is 49.4 Å². The molecule has 0 N–H and O–H groups in total. The lowest BCUT2D eigenvalue weighted by Gasteiger charge is -2.43. The van der Waals surface area contributed by atoms with E-state index in [1.807, 2.05) is 43.3 Å². The van der Waals surface area contributed by atoms with E-state index < -0.39 is 49.4 Å². The Morgan fingerprint density at radius 1 is 0.852 bits per heavy atom. The van der Waals surface area contributed by atoms with Crippen LogP contribution in [0.4, 0.5) is 9.59 Å². The van der Waals surface area contributed by atoms with E-state index in [1.54, 1.807) is 48.5 Å². The molecule has 0 saturated heterocycles. The van der Waals surface area contributed by atoms with Crippen LogP contribution >= 0.6 is 0 Å². The van der Waals surface area contributed by atoms with Gasteiger partial charge in [-0.25, -0.2) is 9.59 Å². The van der Waals surface area contributed by atoms with Crippen LogP contribution in [0.3, 0.4) is 0 Å². The molecule has 1 aromatic heterocycles. The first-order valence-electron chi connectivity index (χ1n) is 18.6. The van der Waals surface area contributed by atoms with Crippen molar-refractivity contribution in [1.82, 2.24) is 14.7 Å². The first-order chi connectivity index (χ1) is 25.1. The van der Waals surface area contributed by atoms with Crippen LogP contribution in [0.1, 0.15) is 104 Å². The topological polar surface area (TPSA) is 126 Å². The molecule has 12 heteroatoms. The van der Waals surface area contributed by atoms with Gasteiger partial charge in [-0.05, 0) is 77.2 Å². The predicted molar refractivity (Wildman–Crippen MR) is 211 cm³/mol. The third-order valence-electron chi connectivity index (χ3n) is 9.13. The largest absolute Gasteiger partial charge is 0.465 e. The second kappa shape index (κ2) is 16.4. The lowest BCUT2D eigenvalue weighted by Crippen LogP contribution is -2.66. The number of rotatable bonds is 11. The quantitative estimate of drug-likeness (QED) is 0.0497. The van der Waals surface area contributed by atoms with Crippen molar-refractivity contribution >= 4 is 42.6 Å². The maximum absolute atomic E-state index is 14.8. The minimum atomic E-state index is -2.98. The molecule has 54 heavy (non-hydrogen) atoms. The van der Waals surface area contributed by atoms with Crippen molar-refractivity contribution in [2.75, 3.05) is 13.2 Å². The number of hydrogen-bond donors (Lipinski definition) is 0. The minimum Gasteiger partial charge on any atom is -0.465 e. The third-order valence-corrected chi connectivity index (χ3v) is 14.1. The molecule has 4 rings (SSSR count). The van der Waals surface area contributed by atoms with Crippen molar-refractivity contribution in [2.24, 2.45) is 5.92 Å². The van der Waals surface area contributed by atoms with Crippen LogP contribution in [0.25, 0.3) is 0 Å². The summed E-state index contributed by atoms with van der Waals surface area (Å²) in [4.78, 5) is 57.1. The molecular weight excluding hydrogens is 703 g/mol. The maximum atomic E-state index is 14.8. The highest BCUT2D eigenvalue weighted by Gasteiger charge is 2.50. The number of carbonyl (C=O) groups excluding carboxylic acids is 4. The molecule has 1 unspecified atom stereocenters. The molecule has 0 radical (unpaired) electrons. The average Bonchev–Trinajstić information content (AvgIpc) is 3.44. The Balaban J connectivity index is 1.76. The van der Waals surface area contributed by atoms with E-state index in [0.29, 0.717) is 16.8 Å². The fourth-order valence-corrected chi connectivity index (χ4v) is 11.4. The lowest BCUT2D eigenvalue weighted by molar-refractivity contribution is -0.146. The van der Waals surface area contributed by atoms with E-state index in [9.17, 15) is 19.2 Å². The molecule has 2 atom stereocenters. The molecule has 292 valence electrons. The summed E-state index contributed by atoms with van der Waals surface area (Å²) in [6.45, 7) is 24.8. The first kappa shape index (κ1) is 42.2. The van der Waals surface area contributed by atoms with Crippen molar-refractivity contribution in [3.63, 3.8) is 0 Å². The molecule has 0 fully saturated rings. The van der Waals surface area contributed by atoms with Crippen LogP contribution in [0.15, 0.2) is 72.8 Å². The van der Waals surface area contributed by atoms with Gasteiger partial charge >= 0.3 is 18.2 Å². The van der Waals surface area contributed by atoms with Crippen LogP contribution in [0.5, 0.6) is 0 Å². The third kappa shape index (κ3) is 9.57. The van der Waals surface area contributed by atoms with Gasteiger partial charge in [0.15, 0.2) is 5.78 Å². The van der Waals surface area contributed by atoms with Gasteiger partial charge in [0.25, 0.3) is 8.32 Å². The van der Waals surface area contributed by atoms with Crippen LogP contribution in [0, 0.1) is 5.92 Å². The molecule has 1 aliphatic heterocycles. The monoisotopic (exact) mass is 759 g/mol. The van der Waals surface area contributed by atoms with E-state index in [0.717, 1.165) is 15.1 Å². The highest BCUT2D eigenvalue weighted by molar-refractivity contribution is 6.99.